The number of piperazine rings is 1. The molecule has 0 aromatic carbocycles. The normalized spacial score (nSPS) is 40.3. The van der Waals surface area contributed by atoms with Gasteiger partial charge in [-0.15, -0.1) is 0 Å². The van der Waals surface area contributed by atoms with E-state index >= 15 is 4.39 Å². The summed E-state index contributed by atoms with van der Waals surface area (Å²) in [6.07, 6.45) is 1.23. The Morgan fingerprint density at radius 1 is 1.42 bits per heavy atom. The van der Waals surface area contributed by atoms with Crippen LogP contribution in [0.15, 0.2) is 23.7 Å². The van der Waals surface area contributed by atoms with Crippen LogP contribution in [-0.2, 0) is 14.3 Å². The van der Waals surface area contributed by atoms with Crippen molar-refractivity contribution in [3.8, 4) is 0 Å². The molecule has 0 spiro atoms. The smallest absolute Gasteiger partial charge is 0.340 e. The Hall–Kier alpha value is -1.93. The van der Waals surface area contributed by atoms with Crippen LogP contribution in [0.4, 0.5) is 4.39 Å². The number of hydrogen-bond donors (Lipinski definition) is 2. The van der Waals surface area contributed by atoms with Crippen LogP contribution >= 0.6 is 0 Å². The molecular weight excluding hydrogens is 341 g/mol. The van der Waals surface area contributed by atoms with Crippen molar-refractivity contribution in [3.63, 3.8) is 0 Å². The Morgan fingerprint density at radius 2 is 2.19 bits per heavy atom. The molecule has 4 aliphatic rings. The summed E-state index contributed by atoms with van der Waals surface area (Å²) in [7, 11) is 0. The summed E-state index contributed by atoms with van der Waals surface area (Å²) in [6, 6.07) is -0.546. The SMILES string of the molecule is CC1=COC2C(N3CCNC(C)C3)C(F)CC3C(=O)C(C(=O)O)=CN1C32. The Balaban J connectivity index is 1.72. The van der Waals surface area contributed by atoms with Gasteiger partial charge in [0.25, 0.3) is 0 Å². The number of aliphatic carboxylic acids is 1. The molecule has 8 heteroatoms. The van der Waals surface area contributed by atoms with Crippen LogP contribution in [0, 0.1) is 5.92 Å². The van der Waals surface area contributed by atoms with E-state index in [0.717, 1.165) is 25.3 Å². The minimum atomic E-state index is -1.27. The number of nitrogens with one attached hydrogen (secondary N) is 1. The van der Waals surface area contributed by atoms with Crippen LogP contribution in [0.2, 0.25) is 0 Å². The van der Waals surface area contributed by atoms with Gasteiger partial charge >= 0.3 is 5.97 Å². The molecule has 1 saturated carbocycles. The van der Waals surface area contributed by atoms with E-state index in [0.29, 0.717) is 0 Å². The van der Waals surface area contributed by atoms with Crippen molar-refractivity contribution in [1.29, 1.82) is 0 Å². The molecule has 26 heavy (non-hydrogen) atoms. The molecule has 0 aromatic heterocycles. The molecule has 1 aliphatic carbocycles. The van der Waals surface area contributed by atoms with Crippen LogP contribution in [0.25, 0.3) is 0 Å². The fourth-order valence-corrected chi connectivity index (χ4v) is 4.83. The van der Waals surface area contributed by atoms with Gasteiger partial charge in [0.2, 0.25) is 0 Å². The predicted molar refractivity (Wildman–Crippen MR) is 90.8 cm³/mol. The zero-order valence-corrected chi connectivity index (χ0v) is 14.9. The van der Waals surface area contributed by atoms with Crippen molar-refractivity contribution >= 4 is 11.8 Å². The number of Topliss-reactive ketones (excluding diaryl/α,β-unsaturated/α-hetero) is 1. The van der Waals surface area contributed by atoms with Crippen LogP contribution in [0.5, 0.6) is 0 Å². The largest absolute Gasteiger partial charge is 0.492 e. The number of ether oxygens (including phenoxy) is 1. The number of allylic oxidation sites excluding steroid dienone is 1. The lowest BCUT2D eigenvalue weighted by Gasteiger charge is -2.54. The molecule has 142 valence electrons. The highest BCUT2D eigenvalue weighted by molar-refractivity contribution is 6.18. The molecule has 7 nitrogen and oxygen atoms in total. The summed E-state index contributed by atoms with van der Waals surface area (Å²) in [5.41, 5.74) is 0.452. The van der Waals surface area contributed by atoms with Crippen molar-refractivity contribution < 1.29 is 23.8 Å². The van der Waals surface area contributed by atoms with Crippen molar-refractivity contribution in [2.24, 2.45) is 5.92 Å². The molecule has 6 unspecified atom stereocenters. The van der Waals surface area contributed by atoms with Gasteiger partial charge in [-0.05, 0) is 20.3 Å². The minimum absolute atomic E-state index is 0.0285. The second-order valence-corrected chi connectivity index (χ2v) is 7.67. The molecule has 0 bridgehead atoms. The molecule has 3 aliphatic heterocycles. The van der Waals surface area contributed by atoms with E-state index in [2.05, 4.69) is 17.1 Å². The molecule has 3 heterocycles. The highest BCUT2D eigenvalue weighted by atomic mass is 19.1. The highest BCUT2D eigenvalue weighted by Crippen LogP contribution is 2.43. The van der Waals surface area contributed by atoms with Crippen LogP contribution in [0.1, 0.15) is 20.3 Å². The zero-order chi connectivity index (χ0) is 18.6. The molecule has 0 radical (unpaired) electrons. The van der Waals surface area contributed by atoms with Gasteiger partial charge in [0.1, 0.15) is 24.1 Å². The zero-order valence-electron chi connectivity index (χ0n) is 14.9. The highest BCUT2D eigenvalue weighted by Gasteiger charge is 2.56. The van der Waals surface area contributed by atoms with Crippen molar-refractivity contribution in [2.75, 3.05) is 19.6 Å². The Morgan fingerprint density at radius 3 is 2.88 bits per heavy atom. The van der Waals surface area contributed by atoms with Gasteiger partial charge in [-0.3, -0.25) is 9.69 Å². The lowest BCUT2D eigenvalue weighted by atomic mass is 9.71. The van der Waals surface area contributed by atoms with E-state index in [1.165, 1.54) is 6.20 Å². The Bertz CT molecular complexity index is 694. The van der Waals surface area contributed by atoms with Crippen molar-refractivity contribution in [2.45, 2.75) is 50.7 Å². The minimum Gasteiger partial charge on any atom is -0.492 e. The second-order valence-electron chi connectivity index (χ2n) is 7.67. The van der Waals surface area contributed by atoms with Gasteiger partial charge in [-0.1, -0.05) is 0 Å². The number of halogens is 1. The number of carboxylic acid groups (broad SMARTS) is 1. The summed E-state index contributed by atoms with van der Waals surface area (Å²) < 4.78 is 21.1. The first-order valence-electron chi connectivity index (χ1n) is 9.10. The van der Waals surface area contributed by atoms with Crippen LogP contribution in [0.3, 0.4) is 0 Å². The van der Waals surface area contributed by atoms with E-state index < -0.39 is 36.0 Å². The summed E-state index contributed by atoms with van der Waals surface area (Å²) in [4.78, 5) is 28.1. The first-order valence-corrected chi connectivity index (χ1v) is 9.10. The van der Waals surface area contributed by atoms with E-state index in [4.69, 9.17) is 4.74 Å². The van der Waals surface area contributed by atoms with Gasteiger partial charge in [0.05, 0.1) is 12.1 Å². The third-order valence-corrected chi connectivity index (χ3v) is 5.98. The monoisotopic (exact) mass is 365 g/mol. The maximum atomic E-state index is 15.2. The van der Waals surface area contributed by atoms with Gasteiger partial charge in [-0.2, -0.15) is 0 Å². The Labute approximate surface area is 151 Å². The first-order chi connectivity index (χ1) is 12.4. The van der Waals surface area contributed by atoms with Gasteiger partial charge in [0, 0.05) is 43.5 Å². The average molecular weight is 365 g/mol. The molecule has 2 fully saturated rings. The molecule has 6 atom stereocenters. The number of ketones is 1. The standard InChI is InChI=1S/C18H24FN3O4/c1-9-6-21(4-3-20-9)15-13(19)5-11-14-17(15)26-8-10(2)22(14)7-12(16(11)23)18(24)25/h7-9,11,13-15,17,20H,3-6H2,1-2H3,(H,24,25). The molecule has 0 aromatic rings. The number of hydrogen-bond acceptors (Lipinski definition) is 6. The van der Waals surface area contributed by atoms with Gasteiger partial charge < -0.3 is 20.1 Å². The molecule has 0 amide bonds. The molecule has 1 saturated heterocycles. The third kappa shape index (κ3) is 2.63. The summed E-state index contributed by atoms with van der Waals surface area (Å²) in [6.45, 7) is 6.10. The van der Waals surface area contributed by atoms with Gasteiger partial charge in [0.15, 0.2) is 5.78 Å². The van der Waals surface area contributed by atoms with E-state index in [9.17, 15) is 14.7 Å². The summed E-state index contributed by atoms with van der Waals surface area (Å²) in [5.74, 6) is -2.46. The lowest BCUT2D eigenvalue weighted by molar-refractivity contribution is -0.145. The summed E-state index contributed by atoms with van der Waals surface area (Å²) in [5, 5.41) is 12.7. The number of carbonyl (C=O) groups is 2. The number of carboxylic acids is 1. The fourth-order valence-electron chi connectivity index (χ4n) is 4.83. The van der Waals surface area contributed by atoms with Crippen LogP contribution in [-0.4, -0.2) is 76.7 Å². The Kier molecular flexibility index (Phi) is 4.27. The lowest BCUT2D eigenvalue weighted by Crippen LogP contribution is -2.69. The topological polar surface area (TPSA) is 82.1 Å². The number of carbonyl (C=O) groups excluding carboxylic acids is 1. The predicted octanol–water partition coefficient (Wildman–Crippen LogP) is 0.489. The van der Waals surface area contributed by atoms with Crippen molar-refractivity contribution in [3.05, 3.63) is 23.7 Å². The number of alkyl halides is 1. The quantitative estimate of drug-likeness (QED) is 0.689. The second kappa shape index (κ2) is 6.35. The molecular formula is C18H24FN3O4. The average Bonchev–Trinajstić information content (AvgIpc) is 2.59. The molecule has 2 N–H and O–H groups in total. The van der Waals surface area contributed by atoms with Gasteiger partial charge in [-0.25, -0.2) is 9.18 Å². The first kappa shape index (κ1) is 17.5. The van der Waals surface area contributed by atoms with Crippen LogP contribution < -0.4 is 5.32 Å². The van der Waals surface area contributed by atoms with E-state index in [1.54, 1.807) is 11.2 Å². The number of nitrogens with zero attached hydrogens (tertiary/aromatic N) is 2. The fraction of sp³-hybridized carbons (Fsp3) is 0.667. The molecule has 4 rings (SSSR count). The summed E-state index contributed by atoms with van der Waals surface area (Å²) >= 11 is 0. The van der Waals surface area contributed by atoms with Crippen molar-refractivity contribution in [1.82, 2.24) is 15.1 Å². The van der Waals surface area contributed by atoms with E-state index in [-0.39, 0.29) is 24.1 Å². The third-order valence-electron chi connectivity index (χ3n) is 5.98. The number of rotatable bonds is 2. The van der Waals surface area contributed by atoms with E-state index in [1.807, 2.05) is 6.92 Å². The maximum Gasteiger partial charge on any atom is 0.340 e. The maximum absolute atomic E-state index is 15.2.